The molecule has 4 nitrogen and oxygen atoms in total. The molecule has 0 N–H and O–H groups in total. The van der Waals surface area contributed by atoms with E-state index in [-0.39, 0.29) is 5.91 Å². The minimum atomic E-state index is -0.0397. The van der Waals surface area contributed by atoms with Crippen LogP contribution in [0.2, 0.25) is 0 Å². The summed E-state index contributed by atoms with van der Waals surface area (Å²) in [5, 5.41) is 0. The standard InChI is InChI=1S/C16H22N2O2S/c1-4-12(2)11-15(19)17-16-18(9-10-20-3)13-7-5-6-8-14(13)21-16/h5-8,12H,4,9-11H2,1-3H3/b17-16-. The number of ether oxygens (including phenoxy) is 1. The molecule has 0 aliphatic carbocycles. The lowest BCUT2D eigenvalue weighted by Gasteiger charge is -2.05. The first-order valence-electron chi connectivity index (χ1n) is 7.30. The number of rotatable bonds is 6. The number of amides is 1. The van der Waals surface area contributed by atoms with Crippen LogP contribution in [0.4, 0.5) is 0 Å². The van der Waals surface area contributed by atoms with Gasteiger partial charge in [-0.05, 0) is 18.1 Å². The average Bonchev–Trinajstić information content (AvgIpc) is 2.82. The number of thiazole rings is 1. The van der Waals surface area contributed by atoms with Gasteiger partial charge in [-0.25, -0.2) is 0 Å². The van der Waals surface area contributed by atoms with Gasteiger partial charge in [0.15, 0.2) is 4.80 Å². The van der Waals surface area contributed by atoms with E-state index in [0.717, 1.165) is 21.4 Å². The lowest BCUT2D eigenvalue weighted by Crippen LogP contribution is -2.19. The molecular formula is C16H22N2O2S. The van der Waals surface area contributed by atoms with Crippen LogP contribution in [0, 0.1) is 5.92 Å². The van der Waals surface area contributed by atoms with Gasteiger partial charge in [-0.15, -0.1) is 0 Å². The highest BCUT2D eigenvalue weighted by Gasteiger charge is 2.09. The van der Waals surface area contributed by atoms with Crippen molar-refractivity contribution in [2.45, 2.75) is 33.2 Å². The molecule has 2 rings (SSSR count). The lowest BCUT2D eigenvalue weighted by atomic mass is 10.1. The van der Waals surface area contributed by atoms with Crippen LogP contribution in [0.3, 0.4) is 0 Å². The van der Waals surface area contributed by atoms with E-state index in [1.807, 2.05) is 12.1 Å². The number of carbonyl (C=O) groups is 1. The molecular weight excluding hydrogens is 284 g/mol. The molecule has 0 fully saturated rings. The summed E-state index contributed by atoms with van der Waals surface area (Å²) in [4.78, 5) is 17.2. The summed E-state index contributed by atoms with van der Waals surface area (Å²) in [6, 6.07) is 8.12. The third-order valence-corrected chi connectivity index (χ3v) is 4.61. The zero-order chi connectivity index (χ0) is 15.2. The van der Waals surface area contributed by atoms with Gasteiger partial charge in [0, 0.05) is 20.1 Å². The summed E-state index contributed by atoms with van der Waals surface area (Å²) in [6.07, 6.45) is 1.51. The van der Waals surface area contributed by atoms with E-state index in [1.54, 1.807) is 18.4 Å². The molecule has 0 radical (unpaired) electrons. The number of benzene rings is 1. The van der Waals surface area contributed by atoms with Gasteiger partial charge in [0.2, 0.25) is 5.91 Å². The number of para-hydroxylation sites is 1. The monoisotopic (exact) mass is 306 g/mol. The van der Waals surface area contributed by atoms with Gasteiger partial charge in [-0.2, -0.15) is 4.99 Å². The van der Waals surface area contributed by atoms with Crippen LogP contribution in [0.25, 0.3) is 10.2 Å². The van der Waals surface area contributed by atoms with Gasteiger partial charge >= 0.3 is 0 Å². The number of hydrogen-bond donors (Lipinski definition) is 0. The Labute approximate surface area is 129 Å². The maximum atomic E-state index is 12.1. The smallest absolute Gasteiger partial charge is 0.248 e. The SMILES string of the molecule is CCC(C)CC(=O)/N=c1\sc2ccccc2n1CCOC. The van der Waals surface area contributed by atoms with Crippen LogP contribution in [0.5, 0.6) is 0 Å². The van der Waals surface area contributed by atoms with Crippen LogP contribution in [-0.2, 0) is 16.1 Å². The molecule has 0 spiro atoms. The van der Waals surface area contributed by atoms with Crippen LogP contribution in [0.1, 0.15) is 26.7 Å². The van der Waals surface area contributed by atoms with Crippen molar-refractivity contribution in [1.82, 2.24) is 4.57 Å². The van der Waals surface area contributed by atoms with Crippen molar-refractivity contribution in [2.75, 3.05) is 13.7 Å². The zero-order valence-corrected chi connectivity index (χ0v) is 13.7. The summed E-state index contributed by atoms with van der Waals surface area (Å²) >= 11 is 1.56. The maximum absolute atomic E-state index is 12.1. The summed E-state index contributed by atoms with van der Waals surface area (Å²) in [7, 11) is 1.68. The minimum Gasteiger partial charge on any atom is -0.383 e. The third kappa shape index (κ3) is 4.02. The Morgan fingerprint density at radius 3 is 2.90 bits per heavy atom. The molecule has 2 aromatic rings. The van der Waals surface area contributed by atoms with Crippen molar-refractivity contribution >= 4 is 27.5 Å². The van der Waals surface area contributed by atoms with E-state index in [4.69, 9.17) is 4.74 Å². The molecule has 1 unspecified atom stereocenters. The molecule has 0 aliphatic rings. The van der Waals surface area contributed by atoms with Crippen molar-refractivity contribution in [3.8, 4) is 0 Å². The Kier molecular flexibility index (Phi) is 5.70. The molecule has 0 bridgehead atoms. The average molecular weight is 306 g/mol. The normalized spacial score (nSPS) is 13.8. The van der Waals surface area contributed by atoms with Crippen molar-refractivity contribution in [3.63, 3.8) is 0 Å². The van der Waals surface area contributed by atoms with E-state index >= 15 is 0 Å². The fraction of sp³-hybridized carbons (Fsp3) is 0.500. The number of methoxy groups -OCH3 is 1. The molecule has 5 heteroatoms. The molecule has 1 heterocycles. The van der Waals surface area contributed by atoms with E-state index in [0.29, 0.717) is 25.5 Å². The zero-order valence-electron chi connectivity index (χ0n) is 12.8. The maximum Gasteiger partial charge on any atom is 0.248 e. The van der Waals surface area contributed by atoms with Gasteiger partial charge in [-0.1, -0.05) is 43.7 Å². The van der Waals surface area contributed by atoms with Gasteiger partial charge in [0.25, 0.3) is 0 Å². The Hall–Kier alpha value is -1.46. The van der Waals surface area contributed by atoms with Crippen LogP contribution in [0.15, 0.2) is 29.3 Å². The number of fused-ring (bicyclic) bond motifs is 1. The molecule has 0 aliphatic heterocycles. The van der Waals surface area contributed by atoms with Crippen LogP contribution >= 0.6 is 11.3 Å². The van der Waals surface area contributed by atoms with Crippen molar-refractivity contribution in [2.24, 2.45) is 10.9 Å². The first-order chi connectivity index (χ1) is 10.2. The van der Waals surface area contributed by atoms with E-state index in [1.165, 1.54) is 0 Å². The second kappa shape index (κ2) is 7.52. The number of nitrogens with zero attached hydrogens (tertiary/aromatic N) is 2. The first-order valence-corrected chi connectivity index (χ1v) is 8.12. The van der Waals surface area contributed by atoms with Gasteiger partial charge < -0.3 is 9.30 Å². The fourth-order valence-corrected chi connectivity index (χ4v) is 3.17. The second-order valence-electron chi connectivity index (χ2n) is 5.22. The number of hydrogen-bond acceptors (Lipinski definition) is 3. The highest BCUT2D eigenvalue weighted by Crippen LogP contribution is 2.16. The minimum absolute atomic E-state index is 0.0397. The predicted molar refractivity (Wildman–Crippen MR) is 86.3 cm³/mol. The topological polar surface area (TPSA) is 43.6 Å². The third-order valence-electron chi connectivity index (χ3n) is 3.55. The summed E-state index contributed by atoms with van der Waals surface area (Å²) in [6.45, 7) is 5.48. The lowest BCUT2D eigenvalue weighted by molar-refractivity contribution is -0.118. The highest BCUT2D eigenvalue weighted by molar-refractivity contribution is 7.16. The van der Waals surface area contributed by atoms with Crippen molar-refractivity contribution < 1.29 is 9.53 Å². The molecule has 1 amide bonds. The van der Waals surface area contributed by atoms with Crippen LogP contribution in [-0.4, -0.2) is 24.2 Å². The highest BCUT2D eigenvalue weighted by atomic mass is 32.1. The summed E-state index contributed by atoms with van der Waals surface area (Å²) < 4.78 is 8.37. The Bertz CT molecular complexity index is 672. The summed E-state index contributed by atoms with van der Waals surface area (Å²) in [5.41, 5.74) is 1.11. The van der Waals surface area contributed by atoms with Gasteiger partial charge in [0.05, 0.1) is 16.8 Å². The summed E-state index contributed by atoms with van der Waals surface area (Å²) in [5.74, 6) is 0.338. The molecule has 1 atom stereocenters. The first kappa shape index (κ1) is 15.9. The van der Waals surface area contributed by atoms with Crippen molar-refractivity contribution in [1.29, 1.82) is 0 Å². The van der Waals surface area contributed by atoms with Gasteiger partial charge in [-0.3, -0.25) is 4.79 Å². The fourth-order valence-electron chi connectivity index (χ4n) is 2.10. The Morgan fingerprint density at radius 2 is 2.19 bits per heavy atom. The van der Waals surface area contributed by atoms with Gasteiger partial charge in [0.1, 0.15) is 0 Å². The van der Waals surface area contributed by atoms with Crippen molar-refractivity contribution in [3.05, 3.63) is 29.1 Å². The number of aromatic nitrogens is 1. The quantitative estimate of drug-likeness (QED) is 0.822. The molecule has 114 valence electrons. The largest absolute Gasteiger partial charge is 0.383 e. The molecule has 1 aromatic carbocycles. The van der Waals surface area contributed by atoms with E-state index in [9.17, 15) is 4.79 Å². The molecule has 1 aromatic heterocycles. The molecule has 21 heavy (non-hydrogen) atoms. The van der Waals surface area contributed by atoms with E-state index in [2.05, 4.69) is 35.5 Å². The van der Waals surface area contributed by atoms with E-state index < -0.39 is 0 Å². The molecule has 0 saturated heterocycles. The van der Waals surface area contributed by atoms with Crippen LogP contribution < -0.4 is 4.80 Å². The number of carbonyl (C=O) groups excluding carboxylic acids is 1. The molecule has 0 saturated carbocycles. The Morgan fingerprint density at radius 1 is 1.43 bits per heavy atom. The second-order valence-corrected chi connectivity index (χ2v) is 6.23. The predicted octanol–water partition coefficient (Wildman–Crippen LogP) is 3.21. The Balaban J connectivity index is 2.39.